The maximum Gasteiger partial charge on any atom is 0.261 e. The molecule has 0 unspecified atom stereocenters. The van der Waals surface area contributed by atoms with Gasteiger partial charge in [-0.3, -0.25) is 4.79 Å². The van der Waals surface area contributed by atoms with E-state index in [9.17, 15) is 4.79 Å². The molecule has 150 valence electrons. The van der Waals surface area contributed by atoms with Crippen molar-refractivity contribution in [3.05, 3.63) is 59.2 Å². The molecule has 1 atom stereocenters. The highest BCUT2D eigenvalue weighted by Gasteiger charge is 2.19. The Balaban J connectivity index is 1.46. The van der Waals surface area contributed by atoms with Crippen LogP contribution < -0.4 is 15.0 Å². The van der Waals surface area contributed by atoms with Gasteiger partial charge in [0.2, 0.25) is 0 Å². The molecule has 0 aliphatic carbocycles. The molecule has 4 nitrogen and oxygen atoms in total. The van der Waals surface area contributed by atoms with E-state index in [4.69, 9.17) is 4.74 Å². The first kappa shape index (κ1) is 20.2. The second-order valence-corrected chi connectivity index (χ2v) is 7.62. The minimum absolute atomic E-state index is 0.0280. The van der Waals surface area contributed by atoms with Gasteiger partial charge in [-0.15, -0.1) is 0 Å². The minimum atomic E-state index is -0.446. The summed E-state index contributed by atoms with van der Waals surface area (Å²) >= 11 is 0. The fourth-order valence-corrected chi connectivity index (χ4v) is 3.71. The molecule has 2 aromatic rings. The number of nitrogens with one attached hydrogen (secondary N) is 1. The van der Waals surface area contributed by atoms with Crippen molar-refractivity contribution in [3.63, 3.8) is 0 Å². The van der Waals surface area contributed by atoms with Gasteiger partial charge in [0.15, 0.2) is 6.10 Å². The van der Waals surface area contributed by atoms with Crippen LogP contribution in [0.3, 0.4) is 0 Å². The smallest absolute Gasteiger partial charge is 0.261 e. The van der Waals surface area contributed by atoms with Crippen LogP contribution in [-0.4, -0.2) is 31.6 Å². The van der Waals surface area contributed by atoms with Crippen molar-refractivity contribution < 1.29 is 9.53 Å². The predicted molar refractivity (Wildman–Crippen MR) is 115 cm³/mol. The Kier molecular flexibility index (Phi) is 6.96. The van der Waals surface area contributed by atoms with E-state index in [1.54, 1.807) is 0 Å². The van der Waals surface area contributed by atoms with Gasteiger partial charge < -0.3 is 15.0 Å². The third-order valence-corrected chi connectivity index (χ3v) is 5.53. The Morgan fingerprint density at radius 1 is 1.18 bits per heavy atom. The lowest BCUT2D eigenvalue weighted by Crippen LogP contribution is -2.39. The number of ether oxygens (including phenoxy) is 1. The van der Waals surface area contributed by atoms with Crippen molar-refractivity contribution in [2.75, 3.05) is 24.5 Å². The average molecular weight is 381 g/mol. The molecular formula is C24H32N2O2. The van der Waals surface area contributed by atoms with E-state index in [0.717, 1.165) is 31.7 Å². The van der Waals surface area contributed by atoms with E-state index in [1.165, 1.54) is 28.8 Å². The maximum atomic E-state index is 12.5. The number of carbonyl (C=O) groups is 1. The highest BCUT2D eigenvalue weighted by atomic mass is 16.5. The number of aryl methyl sites for hydroxylation is 3. The number of rotatable bonds is 8. The summed E-state index contributed by atoms with van der Waals surface area (Å²) in [6.07, 6.45) is 3.50. The highest BCUT2D eigenvalue weighted by molar-refractivity contribution is 5.81. The zero-order valence-electron chi connectivity index (χ0n) is 17.3. The normalized spacial score (nSPS) is 14.3. The standard InChI is InChI=1S/C24H32N2O2/c1-4-23(28-21-13-12-18(2)19(3)17-21)24(27)25-14-8-16-26-15-7-10-20-9-5-6-11-22(20)26/h5-6,9,11-13,17,23H,4,7-8,10,14-16H2,1-3H3,(H,25,27)/t23-/m1/s1. The van der Waals surface area contributed by atoms with Crippen LogP contribution in [0.2, 0.25) is 0 Å². The summed E-state index contributed by atoms with van der Waals surface area (Å²) in [6, 6.07) is 14.6. The second-order valence-electron chi connectivity index (χ2n) is 7.62. The molecule has 4 heteroatoms. The molecule has 0 bridgehead atoms. The summed E-state index contributed by atoms with van der Waals surface area (Å²) in [6.45, 7) is 8.84. The SMILES string of the molecule is CC[C@@H](Oc1ccc(C)c(C)c1)C(=O)NCCCN1CCCc2ccccc21. The van der Waals surface area contributed by atoms with Gasteiger partial charge in [-0.2, -0.15) is 0 Å². The van der Waals surface area contributed by atoms with Crippen molar-refractivity contribution >= 4 is 11.6 Å². The van der Waals surface area contributed by atoms with Crippen LogP contribution >= 0.6 is 0 Å². The molecule has 1 aliphatic rings. The van der Waals surface area contributed by atoms with Crippen LogP contribution in [0.1, 0.15) is 42.9 Å². The molecule has 0 aromatic heterocycles. The quantitative estimate of drug-likeness (QED) is 0.689. The molecule has 2 aromatic carbocycles. The lowest BCUT2D eigenvalue weighted by atomic mass is 10.0. The van der Waals surface area contributed by atoms with Crippen molar-refractivity contribution in [3.8, 4) is 5.75 Å². The second kappa shape index (κ2) is 9.63. The number of fused-ring (bicyclic) bond motifs is 1. The van der Waals surface area contributed by atoms with E-state index in [2.05, 4.69) is 48.3 Å². The summed E-state index contributed by atoms with van der Waals surface area (Å²) in [5.74, 6) is 0.731. The summed E-state index contributed by atoms with van der Waals surface area (Å²) in [7, 11) is 0. The number of para-hydroxylation sites is 1. The summed E-state index contributed by atoms with van der Waals surface area (Å²) in [4.78, 5) is 15.0. The number of benzene rings is 2. The zero-order valence-corrected chi connectivity index (χ0v) is 17.3. The number of hydrogen-bond acceptors (Lipinski definition) is 3. The molecule has 3 rings (SSSR count). The molecule has 1 aliphatic heterocycles. The molecule has 0 fully saturated rings. The monoisotopic (exact) mass is 380 g/mol. The number of amides is 1. The third kappa shape index (κ3) is 5.06. The van der Waals surface area contributed by atoms with Gasteiger partial charge in [-0.05, 0) is 74.4 Å². The Morgan fingerprint density at radius 2 is 2.00 bits per heavy atom. The summed E-state index contributed by atoms with van der Waals surface area (Å²) in [5, 5.41) is 3.05. The molecule has 1 heterocycles. The molecule has 0 radical (unpaired) electrons. The Hall–Kier alpha value is -2.49. The number of nitrogens with zero attached hydrogens (tertiary/aromatic N) is 1. The van der Waals surface area contributed by atoms with Gasteiger partial charge in [0.1, 0.15) is 5.75 Å². The Bertz CT molecular complexity index is 803. The van der Waals surface area contributed by atoms with Gasteiger partial charge in [0.25, 0.3) is 5.91 Å². The van der Waals surface area contributed by atoms with Crippen molar-refractivity contribution in [2.24, 2.45) is 0 Å². The van der Waals surface area contributed by atoms with Gasteiger partial charge in [0.05, 0.1) is 0 Å². The first-order valence-electron chi connectivity index (χ1n) is 10.4. The van der Waals surface area contributed by atoms with Crippen molar-refractivity contribution in [1.82, 2.24) is 5.32 Å². The molecule has 0 saturated heterocycles. The van der Waals surface area contributed by atoms with Crippen molar-refractivity contribution in [1.29, 1.82) is 0 Å². The summed E-state index contributed by atoms with van der Waals surface area (Å²) in [5.41, 5.74) is 5.19. The summed E-state index contributed by atoms with van der Waals surface area (Å²) < 4.78 is 5.93. The third-order valence-electron chi connectivity index (χ3n) is 5.53. The highest BCUT2D eigenvalue weighted by Crippen LogP contribution is 2.26. The van der Waals surface area contributed by atoms with Crippen LogP contribution in [-0.2, 0) is 11.2 Å². The molecule has 1 amide bonds. The first-order valence-corrected chi connectivity index (χ1v) is 10.4. The largest absolute Gasteiger partial charge is 0.481 e. The minimum Gasteiger partial charge on any atom is -0.481 e. The number of hydrogen-bond donors (Lipinski definition) is 1. The van der Waals surface area contributed by atoms with E-state index in [1.807, 2.05) is 25.1 Å². The predicted octanol–water partition coefficient (Wildman–Crippen LogP) is 4.42. The van der Waals surface area contributed by atoms with Crippen molar-refractivity contribution in [2.45, 2.75) is 52.6 Å². The molecule has 1 N–H and O–H groups in total. The van der Waals surface area contributed by atoms with Crippen LogP contribution in [0, 0.1) is 13.8 Å². The lowest BCUT2D eigenvalue weighted by molar-refractivity contribution is -0.128. The van der Waals surface area contributed by atoms with Gasteiger partial charge in [-0.25, -0.2) is 0 Å². The van der Waals surface area contributed by atoms with Gasteiger partial charge in [-0.1, -0.05) is 31.2 Å². The topological polar surface area (TPSA) is 41.6 Å². The lowest BCUT2D eigenvalue weighted by Gasteiger charge is -2.31. The van der Waals surface area contributed by atoms with Crippen LogP contribution in [0.15, 0.2) is 42.5 Å². The first-order chi connectivity index (χ1) is 13.6. The van der Waals surface area contributed by atoms with E-state index in [0.29, 0.717) is 13.0 Å². The molecular weight excluding hydrogens is 348 g/mol. The van der Waals surface area contributed by atoms with Crippen LogP contribution in [0.5, 0.6) is 5.75 Å². The molecule has 0 spiro atoms. The maximum absolute atomic E-state index is 12.5. The van der Waals surface area contributed by atoms with Crippen LogP contribution in [0.25, 0.3) is 0 Å². The Morgan fingerprint density at radius 3 is 2.79 bits per heavy atom. The fourth-order valence-electron chi connectivity index (χ4n) is 3.71. The van der Waals surface area contributed by atoms with Gasteiger partial charge in [0, 0.05) is 25.3 Å². The average Bonchev–Trinajstić information content (AvgIpc) is 2.71. The van der Waals surface area contributed by atoms with E-state index < -0.39 is 6.10 Å². The number of anilines is 1. The molecule has 0 saturated carbocycles. The van der Waals surface area contributed by atoms with Crippen LogP contribution in [0.4, 0.5) is 5.69 Å². The van der Waals surface area contributed by atoms with E-state index in [-0.39, 0.29) is 5.91 Å². The Labute approximate surface area is 168 Å². The van der Waals surface area contributed by atoms with E-state index >= 15 is 0 Å². The zero-order chi connectivity index (χ0) is 19.9. The fraction of sp³-hybridized carbons (Fsp3) is 0.458. The number of carbonyl (C=O) groups excluding carboxylic acids is 1. The van der Waals surface area contributed by atoms with Gasteiger partial charge >= 0.3 is 0 Å². The molecule has 28 heavy (non-hydrogen) atoms.